The van der Waals surface area contributed by atoms with E-state index in [9.17, 15) is 0 Å². The lowest BCUT2D eigenvalue weighted by Gasteiger charge is -2.28. The molecule has 0 saturated heterocycles. The summed E-state index contributed by atoms with van der Waals surface area (Å²) in [6, 6.07) is 0. The van der Waals surface area contributed by atoms with Crippen LogP contribution in [0.25, 0.3) is 0 Å². The maximum Gasteiger partial charge on any atom is 0.201 e. The summed E-state index contributed by atoms with van der Waals surface area (Å²) in [5.41, 5.74) is 1.53. The lowest BCUT2D eigenvalue weighted by Crippen LogP contribution is -2.32. The summed E-state index contributed by atoms with van der Waals surface area (Å²) < 4.78 is 6.43. The topological polar surface area (TPSA) is 9.23 Å². The van der Waals surface area contributed by atoms with E-state index in [-0.39, 0.29) is 0 Å². The van der Waals surface area contributed by atoms with Gasteiger partial charge in [0.15, 0.2) is 0 Å². The highest BCUT2D eigenvalue weighted by Gasteiger charge is 2.26. The van der Waals surface area contributed by atoms with Crippen molar-refractivity contribution < 1.29 is 4.12 Å². The Labute approximate surface area is 109 Å². The maximum atomic E-state index is 6.43. The van der Waals surface area contributed by atoms with Crippen LogP contribution in [0, 0.1) is 0 Å². The molecule has 2 unspecified atom stereocenters. The standard InChI is InChI=1S/C14H24OSi2/c1-16(13-9-5-3-6-10-13)15-17(2)14-11-7-4-8-12-14/h5,7,9,11,13-14H,3-4,6,8,10,12H2,1-2H3. The van der Waals surface area contributed by atoms with Gasteiger partial charge in [-0.05, 0) is 62.7 Å². The van der Waals surface area contributed by atoms with E-state index in [1.807, 2.05) is 0 Å². The van der Waals surface area contributed by atoms with Crippen LogP contribution < -0.4 is 0 Å². The van der Waals surface area contributed by atoms with Gasteiger partial charge in [-0.2, -0.15) is 0 Å². The predicted molar refractivity (Wildman–Crippen MR) is 77.8 cm³/mol. The Balaban J connectivity index is 1.82. The van der Waals surface area contributed by atoms with E-state index >= 15 is 0 Å². The second kappa shape index (κ2) is 6.71. The molecule has 0 heterocycles. The Bertz CT molecular complexity index is 260. The zero-order valence-electron chi connectivity index (χ0n) is 11.1. The van der Waals surface area contributed by atoms with Crippen molar-refractivity contribution in [1.82, 2.24) is 0 Å². The highest BCUT2D eigenvalue weighted by Crippen LogP contribution is 2.30. The van der Waals surface area contributed by atoms with E-state index in [0.717, 1.165) is 11.1 Å². The van der Waals surface area contributed by atoms with E-state index in [2.05, 4.69) is 37.4 Å². The van der Waals surface area contributed by atoms with Gasteiger partial charge < -0.3 is 4.12 Å². The fourth-order valence-electron chi connectivity index (χ4n) is 2.71. The summed E-state index contributed by atoms with van der Waals surface area (Å²) >= 11 is 0. The van der Waals surface area contributed by atoms with E-state index in [0.29, 0.717) is 0 Å². The number of allylic oxidation sites excluding steroid dienone is 4. The molecule has 0 saturated carbocycles. The molecule has 0 amide bonds. The van der Waals surface area contributed by atoms with Crippen molar-refractivity contribution in [2.45, 2.75) is 62.7 Å². The molecule has 0 aromatic rings. The van der Waals surface area contributed by atoms with Crippen LogP contribution in [-0.4, -0.2) is 18.1 Å². The van der Waals surface area contributed by atoms with E-state index < -0.39 is 18.1 Å². The second-order valence-corrected chi connectivity index (χ2v) is 10.00. The summed E-state index contributed by atoms with van der Waals surface area (Å²) in [5.74, 6) is 0. The highest BCUT2D eigenvalue weighted by atomic mass is 28.4. The van der Waals surface area contributed by atoms with Crippen LogP contribution in [0.4, 0.5) is 0 Å². The van der Waals surface area contributed by atoms with Crippen molar-refractivity contribution in [2.24, 2.45) is 0 Å². The molecule has 2 radical (unpaired) electrons. The first-order valence-electron chi connectivity index (χ1n) is 6.95. The fraction of sp³-hybridized carbons (Fsp3) is 0.714. The van der Waals surface area contributed by atoms with Gasteiger partial charge >= 0.3 is 0 Å². The van der Waals surface area contributed by atoms with Crippen molar-refractivity contribution in [1.29, 1.82) is 0 Å². The first-order valence-corrected chi connectivity index (χ1v) is 10.9. The van der Waals surface area contributed by atoms with Crippen molar-refractivity contribution >= 4 is 18.1 Å². The lowest BCUT2D eigenvalue weighted by molar-refractivity contribution is 0.538. The van der Waals surface area contributed by atoms with Crippen molar-refractivity contribution in [3.63, 3.8) is 0 Å². The third-order valence-electron chi connectivity index (χ3n) is 3.87. The number of rotatable bonds is 4. The Morgan fingerprint density at radius 1 is 0.882 bits per heavy atom. The van der Waals surface area contributed by atoms with Crippen LogP contribution in [0.5, 0.6) is 0 Å². The minimum Gasteiger partial charge on any atom is -0.455 e. The molecule has 94 valence electrons. The van der Waals surface area contributed by atoms with Crippen LogP contribution in [0.1, 0.15) is 38.5 Å². The van der Waals surface area contributed by atoms with Gasteiger partial charge in [-0.1, -0.05) is 24.3 Å². The summed E-state index contributed by atoms with van der Waals surface area (Å²) in [5, 5.41) is 0. The van der Waals surface area contributed by atoms with Crippen molar-refractivity contribution in [3.8, 4) is 0 Å². The van der Waals surface area contributed by atoms with Gasteiger partial charge in [0.05, 0.1) is 0 Å². The Hall–Kier alpha value is -0.126. The minimum atomic E-state index is -0.613. The molecule has 0 spiro atoms. The molecule has 0 aromatic heterocycles. The maximum absolute atomic E-state index is 6.43. The quantitative estimate of drug-likeness (QED) is 0.538. The molecular formula is C14H24OSi2. The Kier molecular flexibility index (Phi) is 5.25. The van der Waals surface area contributed by atoms with Crippen LogP contribution in [-0.2, 0) is 4.12 Å². The number of hydrogen-bond donors (Lipinski definition) is 0. The molecule has 2 aliphatic carbocycles. The predicted octanol–water partition coefficient (Wildman–Crippen LogP) is 4.47. The van der Waals surface area contributed by atoms with Crippen LogP contribution in [0.15, 0.2) is 24.3 Å². The fourth-order valence-corrected chi connectivity index (χ4v) is 7.99. The Morgan fingerprint density at radius 3 is 1.71 bits per heavy atom. The molecule has 2 rings (SSSR count). The zero-order chi connectivity index (χ0) is 12.1. The van der Waals surface area contributed by atoms with Gasteiger partial charge in [0.2, 0.25) is 18.1 Å². The summed E-state index contributed by atoms with van der Waals surface area (Å²) in [6.07, 6.45) is 17.6. The van der Waals surface area contributed by atoms with Crippen molar-refractivity contribution in [2.75, 3.05) is 0 Å². The number of hydrogen-bond acceptors (Lipinski definition) is 1. The molecule has 17 heavy (non-hydrogen) atoms. The molecule has 0 bridgehead atoms. The van der Waals surface area contributed by atoms with E-state index in [1.54, 1.807) is 0 Å². The first-order chi connectivity index (χ1) is 8.27. The molecule has 0 N–H and O–H groups in total. The smallest absolute Gasteiger partial charge is 0.201 e. The molecule has 0 aliphatic heterocycles. The van der Waals surface area contributed by atoms with Gasteiger partial charge in [0.1, 0.15) is 0 Å². The normalized spacial score (nSPS) is 29.2. The van der Waals surface area contributed by atoms with Crippen molar-refractivity contribution in [3.05, 3.63) is 24.3 Å². The third-order valence-corrected chi connectivity index (χ3v) is 9.50. The third kappa shape index (κ3) is 3.93. The highest BCUT2D eigenvalue weighted by molar-refractivity contribution is 6.66. The van der Waals surface area contributed by atoms with Crippen LogP contribution in [0.2, 0.25) is 24.2 Å². The Morgan fingerprint density at radius 2 is 1.35 bits per heavy atom. The molecule has 1 nitrogen and oxygen atoms in total. The largest absolute Gasteiger partial charge is 0.455 e. The summed E-state index contributed by atoms with van der Waals surface area (Å²) in [7, 11) is -1.23. The van der Waals surface area contributed by atoms with Gasteiger partial charge in [-0.15, -0.1) is 0 Å². The van der Waals surface area contributed by atoms with Gasteiger partial charge in [-0.25, -0.2) is 0 Å². The lowest BCUT2D eigenvalue weighted by atomic mass is 10.1. The van der Waals surface area contributed by atoms with Crippen LogP contribution in [0.3, 0.4) is 0 Å². The molecular weight excluding hydrogens is 240 g/mol. The van der Waals surface area contributed by atoms with Gasteiger partial charge in [0, 0.05) is 0 Å². The zero-order valence-corrected chi connectivity index (χ0v) is 13.1. The minimum absolute atomic E-state index is 0.613. The molecule has 0 aromatic carbocycles. The monoisotopic (exact) mass is 264 g/mol. The molecule has 2 atom stereocenters. The van der Waals surface area contributed by atoms with Gasteiger partial charge in [-0.3, -0.25) is 0 Å². The van der Waals surface area contributed by atoms with Crippen LogP contribution >= 0.6 is 0 Å². The summed E-state index contributed by atoms with van der Waals surface area (Å²) in [6.45, 7) is 4.73. The molecule has 3 heteroatoms. The average Bonchev–Trinajstić information content (AvgIpc) is 2.40. The second-order valence-electron chi connectivity index (χ2n) is 5.25. The van der Waals surface area contributed by atoms with E-state index in [4.69, 9.17) is 4.12 Å². The van der Waals surface area contributed by atoms with Gasteiger partial charge in [0.25, 0.3) is 0 Å². The average molecular weight is 265 g/mol. The SMILES string of the molecule is C[Si](O[Si](C)C1C=CCCC1)C1C=CCCC1. The first kappa shape index (κ1) is 13.3. The molecule has 0 fully saturated rings. The van der Waals surface area contributed by atoms with E-state index in [1.165, 1.54) is 38.5 Å². The molecule has 2 aliphatic rings. The summed E-state index contributed by atoms with van der Waals surface area (Å²) in [4.78, 5) is 0.